The van der Waals surface area contributed by atoms with E-state index in [1.54, 1.807) is 0 Å². The number of ether oxygens (including phenoxy) is 1. The molecule has 3 nitrogen and oxygen atoms in total. The van der Waals surface area contributed by atoms with E-state index in [1.165, 1.54) is 58.2 Å². The van der Waals surface area contributed by atoms with Crippen molar-refractivity contribution in [3.63, 3.8) is 0 Å². The standard InChI is InChI=1S/C16H32N2O/c1-3-9-17-13-16(7-11-19-12-8-16)14-18(10-4-2)15-5-6-15/h15,17H,3-14H2,1-2H3. The summed E-state index contributed by atoms with van der Waals surface area (Å²) in [5.41, 5.74) is 0.463. The Morgan fingerprint density at radius 2 is 1.89 bits per heavy atom. The first kappa shape index (κ1) is 15.3. The lowest BCUT2D eigenvalue weighted by Gasteiger charge is -2.41. The van der Waals surface area contributed by atoms with Gasteiger partial charge in [-0.25, -0.2) is 0 Å². The highest BCUT2D eigenvalue weighted by Gasteiger charge is 2.38. The summed E-state index contributed by atoms with van der Waals surface area (Å²) >= 11 is 0. The molecule has 0 atom stereocenters. The van der Waals surface area contributed by atoms with Gasteiger partial charge in [0.2, 0.25) is 0 Å². The molecule has 1 saturated heterocycles. The summed E-state index contributed by atoms with van der Waals surface area (Å²) in [7, 11) is 0. The Balaban J connectivity index is 1.90. The van der Waals surface area contributed by atoms with Crippen LogP contribution in [0.3, 0.4) is 0 Å². The lowest BCUT2D eigenvalue weighted by molar-refractivity contribution is -0.00576. The van der Waals surface area contributed by atoms with E-state index in [0.717, 1.165) is 25.8 Å². The fourth-order valence-corrected chi connectivity index (χ4v) is 3.27. The van der Waals surface area contributed by atoms with Gasteiger partial charge in [0, 0.05) is 32.3 Å². The Morgan fingerprint density at radius 3 is 2.47 bits per heavy atom. The largest absolute Gasteiger partial charge is 0.381 e. The molecule has 2 fully saturated rings. The van der Waals surface area contributed by atoms with Crippen LogP contribution in [0.2, 0.25) is 0 Å². The molecule has 1 heterocycles. The fraction of sp³-hybridized carbons (Fsp3) is 1.00. The van der Waals surface area contributed by atoms with Crippen molar-refractivity contribution in [2.45, 2.75) is 58.4 Å². The molecule has 1 N–H and O–H groups in total. The van der Waals surface area contributed by atoms with E-state index in [4.69, 9.17) is 4.74 Å². The summed E-state index contributed by atoms with van der Waals surface area (Å²) in [6, 6.07) is 0.894. The molecule has 2 aliphatic rings. The molecule has 0 bridgehead atoms. The van der Waals surface area contributed by atoms with Crippen molar-refractivity contribution in [2.24, 2.45) is 5.41 Å². The van der Waals surface area contributed by atoms with Crippen LogP contribution in [0.15, 0.2) is 0 Å². The fourth-order valence-electron chi connectivity index (χ4n) is 3.27. The maximum Gasteiger partial charge on any atom is 0.0472 e. The van der Waals surface area contributed by atoms with Crippen LogP contribution in [0.4, 0.5) is 0 Å². The van der Waals surface area contributed by atoms with E-state index < -0.39 is 0 Å². The van der Waals surface area contributed by atoms with Gasteiger partial charge in [-0.1, -0.05) is 13.8 Å². The first-order chi connectivity index (χ1) is 9.29. The first-order valence-corrected chi connectivity index (χ1v) is 8.32. The molecule has 0 unspecified atom stereocenters. The van der Waals surface area contributed by atoms with Gasteiger partial charge >= 0.3 is 0 Å². The van der Waals surface area contributed by atoms with Gasteiger partial charge in [0.1, 0.15) is 0 Å². The monoisotopic (exact) mass is 268 g/mol. The SMILES string of the molecule is CCCNCC1(CN(CCC)C2CC2)CCOCC1. The van der Waals surface area contributed by atoms with Gasteiger partial charge in [0.25, 0.3) is 0 Å². The summed E-state index contributed by atoms with van der Waals surface area (Å²) in [6.45, 7) is 11.4. The van der Waals surface area contributed by atoms with Crippen LogP contribution in [-0.2, 0) is 4.74 Å². The van der Waals surface area contributed by atoms with Crippen molar-refractivity contribution in [1.82, 2.24) is 10.2 Å². The Bertz CT molecular complexity index is 247. The third-order valence-electron chi connectivity index (χ3n) is 4.59. The van der Waals surface area contributed by atoms with Gasteiger partial charge in [-0.3, -0.25) is 4.90 Å². The van der Waals surface area contributed by atoms with Crippen molar-refractivity contribution in [2.75, 3.05) is 39.4 Å². The summed E-state index contributed by atoms with van der Waals surface area (Å²) in [5, 5.41) is 3.67. The topological polar surface area (TPSA) is 24.5 Å². The third-order valence-corrected chi connectivity index (χ3v) is 4.59. The molecule has 19 heavy (non-hydrogen) atoms. The lowest BCUT2D eigenvalue weighted by Crippen LogP contribution is -2.48. The number of rotatable bonds is 9. The van der Waals surface area contributed by atoms with E-state index in [9.17, 15) is 0 Å². The van der Waals surface area contributed by atoms with Gasteiger partial charge in [0.15, 0.2) is 0 Å². The third kappa shape index (κ3) is 4.73. The molecule has 0 radical (unpaired) electrons. The highest BCUT2D eigenvalue weighted by atomic mass is 16.5. The number of nitrogens with one attached hydrogen (secondary N) is 1. The van der Waals surface area contributed by atoms with Crippen molar-refractivity contribution in [3.05, 3.63) is 0 Å². The van der Waals surface area contributed by atoms with E-state index >= 15 is 0 Å². The summed E-state index contributed by atoms with van der Waals surface area (Å²) < 4.78 is 5.60. The molecule has 112 valence electrons. The second kappa shape index (κ2) is 7.61. The van der Waals surface area contributed by atoms with Crippen molar-refractivity contribution < 1.29 is 4.74 Å². The zero-order valence-electron chi connectivity index (χ0n) is 12.9. The predicted octanol–water partition coefficient (Wildman–Crippen LogP) is 2.66. The van der Waals surface area contributed by atoms with E-state index in [2.05, 4.69) is 24.1 Å². The van der Waals surface area contributed by atoms with Crippen molar-refractivity contribution in [3.8, 4) is 0 Å². The molecular formula is C16H32N2O. The molecule has 1 aliphatic heterocycles. The second-order valence-electron chi connectivity index (χ2n) is 6.49. The highest BCUT2D eigenvalue weighted by molar-refractivity contribution is 4.92. The number of hydrogen-bond acceptors (Lipinski definition) is 3. The van der Waals surface area contributed by atoms with Gasteiger partial charge in [0.05, 0.1) is 0 Å². The molecule has 0 aromatic rings. The Morgan fingerprint density at radius 1 is 1.16 bits per heavy atom. The highest BCUT2D eigenvalue weighted by Crippen LogP contribution is 2.35. The average molecular weight is 268 g/mol. The zero-order chi connectivity index (χ0) is 13.6. The predicted molar refractivity (Wildman–Crippen MR) is 80.5 cm³/mol. The number of nitrogens with zero attached hydrogens (tertiary/aromatic N) is 1. The van der Waals surface area contributed by atoms with Crippen LogP contribution in [0, 0.1) is 5.41 Å². The van der Waals surface area contributed by atoms with Crippen LogP contribution < -0.4 is 5.32 Å². The van der Waals surface area contributed by atoms with E-state index in [-0.39, 0.29) is 0 Å². The molecular weight excluding hydrogens is 236 g/mol. The molecule has 1 aliphatic carbocycles. The maximum atomic E-state index is 5.60. The smallest absolute Gasteiger partial charge is 0.0472 e. The van der Waals surface area contributed by atoms with Crippen molar-refractivity contribution >= 4 is 0 Å². The van der Waals surface area contributed by atoms with Crippen LogP contribution >= 0.6 is 0 Å². The van der Waals surface area contributed by atoms with Crippen molar-refractivity contribution in [1.29, 1.82) is 0 Å². The van der Waals surface area contributed by atoms with E-state index in [1.807, 2.05) is 0 Å². The molecule has 2 rings (SSSR count). The Hall–Kier alpha value is -0.120. The molecule has 0 aromatic carbocycles. The van der Waals surface area contributed by atoms with Gasteiger partial charge in [-0.05, 0) is 57.0 Å². The summed E-state index contributed by atoms with van der Waals surface area (Å²) in [4.78, 5) is 2.76. The lowest BCUT2D eigenvalue weighted by atomic mass is 9.79. The second-order valence-corrected chi connectivity index (χ2v) is 6.49. The van der Waals surface area contributed by atoms with Crippen LogP contribution in [-0.4, -0.2) is 50.3 Å². The van der Waals surface area contributed by atoms with Crippen LogP contribution in [0.1, 0.15) is 52.4 Å². The molecule has 3 heteroatoms. The minimum Gasteiger partial charge on any atom is -0.381 e. The molecule has 0 spiro atoms. The maximum absolute atomic E-state index is 5.60. The van der Waals surface area contributed by atoms with Crippen LogP contribution in [0.5, 0.6) is 0 Å². The first-order valence-electron chi connectivity index (χ1n) is 8.32. The Labute approximate surface area is 119 Å². The minimum atomic E-state index is 0.463. The summed E-state index contributed by atoms with van der Waals surface area (Å²) in [5.74, 6) is 0. The minimum absolute atomic E-state index is 0.463. The van der Waals surface area contributed by atoms with Gasteiger partial charge in [-0.2, -0.15) is 0 Å². The summed E-state index contributed by atoms with van der Waals surface area (Å²) in [6.07, 6.45) is 7.83. The normalized spacial score (nSPS) is 22.9. The molecule has 1 saturated carbocycles. The quantitative estimate of drug-likeness (QED) is 0.651. The Kier molecular flexibility index (Phi) is 6.11. The molecule has 0 aromatic heterocycles. The van der Waals surface area contributed by atoms with Crippen LogP contribution in [0.25, 0.3) is 0 Å². The van der Waals surface area contributed by atoms with Gasteiger partial charge in [-0.15, -0.1) is 0 Å². The number of hydrogen-bond donors (Lipinski definition) is 1. The van der Waals surface area contributed by atoms with Gasteiger partial charge < -0.3 is 10.1 Å². The molecule has 0 amide bonds. The average Bonchev–Trinajstić information content (AvgIpc) is 3.24. The zero-order valence-corrected chi connectivity index (χ0v) is 12.9. The van der Waals surface area contributed by atoms with E-state index in [0.29, 0.717) is 5.41 Å².